The number of hydrogen-bond donors (Lipinski definition) is 0. The highest BCUT2D eigenvalue weighted by Crippen LogP contribution is 2.19. The van der Waals surface area contributed by atoms with Crippen LogP contribution in [0.15, 0.2) is 24.8 Å². The van der Waals surface area contributed by atoms with E-state index in [9.17, 15) is 4.39 Å². The summed E-state index contributed by atoms with van der Waals surface area (Å²) in [6, 6.07) is 0.313. The highest BCUT2D eigenvalue weighted by molar-refractivity contribution is 5.29. The van der Waals surface area contributed by atoms with Crippen molar-refractivity contribution < 1.29 is 13.9 Å². The van der Waals surface area contributed by atoms with Gasteiger partial charge in [-0.05, 0) is 12.8 Å². The molecule has 116 valence electrons. The first-order chi connectivity index (χ1) is 10.7. The second-order valence-electron chi connectivity index (χ2n) is 4.93. The summed E-state index contributed by atoms with van der Waals surface area (Å²) in [7, 11) is 1.56. The summed E-state index contributed by atoms with van der Waals surface area (Å²) in [5.74, 6) is 0.642. The van der Waals surface area contributed by atoms with Gasteiger partial charge in [-0.15, -0.1) is 0 Å². The zero-order valence-corrected chi connectivity index (χ0v) is 12.1. The minimum absolute atomic E-state index is 0.0594. The molecule has 1 unspecified atom stereocenters. The van der Waals surface area contributed by atoms with E-state index in [1.807, 2.05) is 4.90 Å². The van der Waals surface area contributed by atoms with Gasteiger partial charge in [0.25, 0.3) is 0 Å². The first-order valence-corrected chi connectivity index (χ1v) is 7.00. The monoisotopic (exact) mass is 305 g/mol. The molecule has 0 spiro atoms. The van der Waals surface area contributed by atoms with Crippen molar-refractivity contribution in [3.8, 4) is 11.8 Å². The number of ether oxygens (including phenoxy) is 2. The van der Waals surface area contributed by atoms with Crippen LogP contribution in [0.2, 0.25) is 0 Å². The van der Waals surface area contributed by atoms with E-state index in [0.717, 1.165) is 19.4 Å². The number of rotatable bonds is 4. The SMILES string of the molecule is COc1cnc(OC2CCCN(c3ncc(F)cn3)C2)nc1. The first kappa shape index (κ1) is 14.4. The summed E-state index contributed by atoms with van der Waals surface area (Å²) in [6.07, 6.45) is 7.22. The average molecular weight is 305 g/mol. The topological polar surface area (TPSA) is 73.3 Å². The molecule has 3 heterocycles. The molecule has 1 fully saturated rings. The lowest BCUT2D eigenvalue weighted by Crippen LogP contribution is -2.42. The lowest BCUT2D eigenvalue weighted by atomic mass is 10.1. The van der Waals surface area contributed by atoms with Crippen LogP contribution in [0.1, 0.15) is 12.8 Å². The van der Waals surface area contributed by atoms with Gasteiger partial charge in [-0.25, -0.2) is 14.4 Å². The Balaban J connectivity index is 1.63. The van der Waals surface area contributed by atoms with Gasteiger partial charge in [-0.3, -0.25) is 0 Å². The third kappa shape index (κ3) is 3.38. The Morgan fingerprint density at radius 3 is 2.55 bits per heavy atom. The quantitative estimate of drug-likeness (QED) is 0.846. The largest absolute Gasteiger partial charge is 0.494 e. The van der Waals surface area contributed by atoms with Crippen molar-refractivity contribution in [3.05, 3.63) is 30.6 Å². The van der Waals surface area contributed by atoms with Crippen molar-refractivity contribution in [2.45, 2.75) is 18.9 Å². The Bertz CT molecular complexity index is 608. The average Bonchev–Trinajstić information content (AvgIpc) is 2.56. The Morgan fingerprint density at radius 1 is 1.14 bits per heavy atom. The molecule has 1 aliphatic heterocycles. The maximum atomic E-state index is 12.9. The second kappa shape index (κ2) is 6.50. The van der Waals surface area contributed by atoms with Crippen LogP contribution in [0.3, 0.4) is 0 Å². The van der Waals surface area contributed by atoms with Gasteiger partial charge in [0.15, 0.2) is 11.6 Å². The minimum Gasteiger partial charge on any atom is -0.494 e. The Kier molecular flexibility index (Phi) is 4.27. The van der Waals surface area contributed by atoms with Crippen LogP contribution >= 0.6 is 0 Å². The Hall–Kier alpha value is -2.51. The molecule has 0 saturated carbocycles. The van der Waals surface area contributed by atoms with Gasteiger partial charge in [0.05, 0.1) is 38.4 Å². The number of anilines is 1. The molecule has 3 rings (SSSR count). The van der Waals surface area contributed by atoms with E-state index in [-0.39, 0.29) is 6.10 Å². The van der Waals surface area contributed by atoms with E-state index >= 15 is 0 Å². The van der Waals surface area contributed by atoms with Gasteiger partial charge >= 0.3 is 6.01 Å². The van der Waals surface area contributed by atoms with E-state index in [1.54, 1.807) is 19.5 Å². The van der Waals surface area contributed by atoms with Crippen molar-refractivity contribution in [1.29, 1.82) is 0 Å². The zero-order valence-electron chi connectivity index (χ0n) is 12.1. The van der Waals surface area contributed by atoms with Gasteiger partial charge < -0.3 is 14.4 Å². The molecule has 22 heavy (non-hydrogen) atoms. The van der Waals surface area contributed by atoms with Gasteiger partial charge in [-0.2, -0.15) is 9.97 Å². The highest BCUT2D eigenvalue weighted by Gasteiger charge is 2.23. The number of methoxy groups -OCH3 is 1. The fraction of sp³-hybridized carbons (Fsp3) is 0.429. The molecule has 0 N–H and O–H groups in total. The molecule has 1 atom stereocenters. The fourth-order valence-electron chi connectivity index (χ4n) is 2.30. The smallest absolute Gasteiger partial charge is 0.316 e. The standard InChI is InChI=1S/C14H16FN5O2/c1-21-12-7-18-14(19-8-12)22-11-3-2-4-20(9-11)13-16-5-10(15)6-17-13/h5-8,11H,2-4,9H2,1H3. The Morgan fingerprint density at radius 2 is 1.86 bits per heavy atom. The minimum atomic E-state index is -0.444. The third-order valence-corrected chi connectivity index (χ3v) is 3.38. The van der Waals surface area contributed by atoms with E-state index in [2.05, 4.69) is 19.9 Å². The predicted molar refractivity (Wildman–Crippen MR) is 76.4 cm³/mol. The highest BCUT2D eigenvalue weighted by atomic mass is 19.1. The van der Waals surface area contributed by atoms with Crippen molar-refractivity contribution >= 4 is 5.95 Å². The number of halogens is 1. The Labute approximate surface area is 127 Å². The molecule has 7 nitrogen and oxygen atoms in total. The summed E-state index contributed by atoms with van der Waals surface area (Å²) in [5.41, 5.74) is 0. The number of nitrogens with zero attached hydrogens (tertiary/aromatic N) is 5. The lowest BCUT2D eigenvalue weighted by molar-refractivity contribution is 0.163. The molecule has 0 bridgehead atoms. The van der Waals surface area contributed by atoms with E-state index in [4.69, 9.17) is 9.47 Å². The molecule has 0 aromatic carbocycles. The van der Waals surface area contributed by atoms with Gasteiger partial charge in [-0.1, -0.05) is 0 Å². The van der Waals surface area contributed by atoms with Gasteiger partial charge in [0.2, 0.25) is 5.95 Å². The fourth-order valence-corrected chi connectivity index (χ4v) is 2.30. The van der Waals surface area contributed by atoms with Crippen LogP contribution in [0, 0.1) is 5.82 Å². The van der Waals surface area contributed by atoms with Crippen molar-refractivity contribution in [1.82, 2.24) is 19.9 Å². The molecule has 8 heteroatoms. The number of aromatic nitrogens is 4. The van der Waals surface area contributed by atoms with Crippen molar-refractivity contribution in [3.63, 3.8) is 0 Å². The summed E-state index contributed by atoms with van der Waals surface area (Å²) in [4.78, 5) is 18.2. The van der Waals surface area contributed by atoms with Crippen LogP contribution in [0.25, 0.3) is 0 Å². The lowest BCUT2D eigenvalue weighted by Gasteiger charge is -2.32. The molecule has 0 radical (unpaired) electrons. The van der Waals surface area contributed by atoms with Gasteiger partial charge in [0.1, 0.15) is 6.10 Å². The normalized spacial score (nSPS) is 18.1. The van der Waals surface area contributed by atoms with E-state index in [1.165, 1.54) is 12.4 Å². The van der Waals surface area contributed by atoms with Gasteiger partial charge in [0, 0.05) is 6.54 Å². The van der Waals surface area contributed by atoms with Crippen molar-refractivity contribution in [2.24, 2.45) is 0 Å². The number of piperidine rings is 1. The molecule has 2 aromatic heterocycles. The third-order valence-electron chi connectivity index (χ3n) is 3.38. The predicted octanol–water partition coefficient (Wildman–Crippen LogP) is 1.46. The molecule has 1 saturated heterocycles. The number of hydrogen-bond acceptors (Lipinski definition) is 7. The molecule has 0 aliphatic carbocycles. The van der Waals surface area contributed by atoms with E-state index < -0.39 is 5.82 Å². The van der Waals surface area contributed by atoms with Crippen LogP contribution in [-0.4, -0.2) is 46.2 Å². The maximum absolute atomic E-state index is 12.9. The molecular formula is C14H16FN5O2. The van der Waals surface area contributed by atoms with E-state index in [0.29, 0.717) is 24.3 Å². The second-order valence-corrected chi connectivity index (χ2v) is 4.93. The van der Waals surface area contributed by atoms with Crippen molar-refractivity contribution in [2.75, 3.05) is 25.1 Å². The summed E-state index contributed by atoms with van der Waals surface area (Å²) < 4.78 is 23.7. The van der Waals surface area contributed by atoms with Crippen LogP contribution < -0.4 is 14.4 Å². The summed E-state index contributed by atoms with van der Waals surface area (Å²) >= 11 is 0. The maximum Gasteiger partial charge on any atom is 0.316 e. The summed E-state index contributed by atoms with van der Waals surface area (Å²) in [6.45, 7) is 1.43. The van der Waals surface area contributed by atoms with Crippen LogP contribution in [0.5, 0.6) is 11.8 Å². The summed E-state index contributed by atoms with van der Waals surface area (Å²) in [5, 5.41) is 0. The van der Waals surface area contributed by atoms with Crippen LogP contribution in [0.4, 0.5) is 10.3 Å². The molecule has 1 aliphatic rings. The molecule has 2 aromatic rings. The van der Waals surface area contributed by atoms with Crippen LogP contribution in [-0.2, 0) is 0 Å². The molecule has 0 amide bonds. The zero-order chi connectivity index (χ0) is 15.4. The molecular weight excluding hydrogens is 289 g/mol. The first-order valence-electron chi connectivity index (χ1n) is 7.00.